The summed E-state index contributed by atoms with van der Waals surface area (Å²) < 4.78 is 6.54. The quantitative estimate of drug-likeness (QED) is 0.404. The molecule has 0 saturated heterocycles. The van der Waals surface area contributed by atoms with Gasteiger partial charge in [-0.2, -0.15) is 0 Å². The third-order valence-electron chi connectivity index (χ3n) is 4.91. The first kappa shape index (κ1) is 20.8. The molecule has 1 aliphatic carbocycles. The number of carbonyl (C=O) groups is 3. The third kappa shape index (κ3) is 4.49. The van der Waals surface area contributed by atoms with E-state index >= 15 is 0 Å². The van der Waals surface area contributed by atoms with E-state index < -0.39 is 0 Å². The summed E-state index contributed by atoms with van der Waals surface area (Å²) in [5, 5.41) is 2.82. The summed E-state index contributed by atoms with van der Waals surface area (Å²) in [4.78, 5) is 37.4. The number of benzene rings is 3. The molecule has 6 heteroatoms. The Morgan fingerprint density at radius 3 is 2.35 bits per heavy atom. The van der Waals surface area contributed by atoms with Crippen LogP contribution in [0, 0.1) is 6.92 Å². The highest BCUT2D eigenvalue weighted by atomic mass is 79.9. The van der Waals surface area contributed by atoms with E-state index in [0.717, 1.165) is 10.0 Å². The summed E-state index contributed by atoms with van der Waals surface area (Å²) in [5.41, 5.74) is 3.27. The summed E-state index contributed by atoms with van der Waals surface area (Å²) >= 11 is 3.39. The molecule has 0 saturated carbocycles. The Kier molecular flexibility index (Phi) is 5.82. The Morgan fingerprint density at radius 1 is 0.968 bits per heavy atom. The predicted octanol–water partition coefficient (Wildman–Crippen LogP) is 5.24. The monoisotopic (exact) mass is 475 g/mol. The van der Waals surface area contributed by atoms with Gasteiger partial charge in [-0.1, -0.05) is 52.3 Å². The molecule has 0 unspecified atom stereocenters. The SMILES string of the molecule is Cc1cc(Br)ccc1NC(=O)COc1cccc(C=C2C(=O)c3ccccc3C2=O)c1. The molecule has 1 N–H and O–H groups in total. The Labute approximate surface area is 187 Å². The van der Waals surface area contributed by atoms with Gasteiger partial charge < -0.3 is 10.1 Å². The third-order valence-corrected chi connectivity index (χ3v) is 5.40. The predicted molar refractivity (Wildman–Crippen MR) is 123 cm³/mol. The smallest absolute Gasteiger partial charge is 0.262 e. The fourth-order valence-electron chi connectivity index (χ4n) is 3.37. The largest absolute Gasteiger partial charge is 0.484 e. The van der Waals surface area contributed by atoms with Crippen LogP contribution in [0.3, 0.4) is 0 Å². The summed E-state index contributed by atoms with van der Waals surface area (Å²) in [6.07, 6.45) is 1.56. The van der Waals surface area contributed by atoms with Gasteiger partial charge in [0, 0.05) is 21.3 Å². The van der Waals surface area contributed by atoms with Crippen LogP contribution in [-0.4, -0.2) is 24.1 Å². The van der Waals surface area contributed by atoms with E-state index in [1.165, 1.54) is 0 Å². The lowest BCUT2D eigenvalue weighted by atomic mass is 10.1. The van der Waals surface area contributed by atoms with Gasteiger partial charge in [0.2, 0.25) is 0 Å². The van der Waals surface area contributed by atoms with Crippen LogP contribution in [0.1, 0.15) is 31.8 Å². The number of carbonyl (C=O) groups excluding carboxylic acids is 3. The molecule has 1 aliphatic rings. The highest BCUT2D eigenvalue weighted by Crippen LogP contribution is 2.28. The number of ketones is 2. The molecule has 154 valence electrons. The van der Waals surface area contributed by atoms with Crippen molar-refractivity contribution in [1.29, 1.82) is 0 Å². The minimum Gasteiger partial charge on any atom is -0.484 e. The zero-order valence-corrected chi connectivity index (χ0v) is 18.2. The van der Waals surface area contributed by atoms with E-state index in [2.05, 4.69) is 21.2 Å². The van der Waals surface area contributed by atoms with E-state index in [4.69, 9.17) is 4.74 Å². The fraction of sp³-hybridized carbons (Fsp3) is 0.0800. The Balaban J connectivity index is 1.44. The number of rotatable bonds is 5. The van der Waals surface area contributed by atoms with E-state index in [1.54, 1.807) is 54.6 Å². The molecule has 1 amide bonds. The maximum absolute atomic E-state index is 12.6. The number of hydrogen-bond acceptors (Lipinski definition) is 4. The highest BCUT2D eigenvalue weighted by molar-refractivity contribution is 9.10. The maximum Gasteiger partial charge on any atom is 0.262 e. The number of nitrogens with one attached hydrogen (secondary N) is 1. The molecule has 0 atom stereocenters. The molecule has 31 heavy (non-hydrogen) atoms. The number of ether oxygens (including phenoxy) is 1. The molecular weight excluding hydrogens is 458 g/mol. The summed E-state index contributed by atoms with van der Waals surface area (Å²) in [7, 11) is 0. The lowest BCUT2D eigenvalue weighted by molar-refractivity contribution is -0.118. The van der Waals surface area contributed by atoms with Crippen molar-refractivity contribution in [3.05, 3.63) is 99.0 Å². The van der Waals surface area contributed by atoms with Gasteiger partial charge in [0.1, 0.15) is 5.75 Å². The molecule has 3 aromatic rings. The average molecular weight is 476 g/mol. The van der Waals surface area contributed by atoms with Crippen LogP contribution in [-0.2, 0) is 4.79 Å². The van der Waals surface area contributed by atoms with Crippen molar-refractivity contribution in [2.45, 2.75) is 6.92 Å². The number of allylic oxidation sites excluding steroid dienone is 1. The molecular formula is C25H18BrNO4. The number of hydrogen-bond donors (Lipinski definition) is 1. The molecule has 4 rings (SSSR count). The summed E-state index contributed by atoms with van der Waals surface area (Å²) in [5.74, 6) is -0.384. The van der Waals surface area contributed by atoms with Crippen molar-refractivity contribution in [1.82, 2.24) is 0 Å². The van der Waals surface area contributed by atoms with Gasteiger partial charge in [0.25, 0.3) is 5.91 Å². The van der Waals surface area contributed by atoms with Gasteiger partial charge >= 0.3 is 0 Å². The molecule has 0 bridgehead atoms. The molecule has 0 radical (unpaired) electrons. The van der Waals surface area contributed by atoms with Crippen molar-refractivity contribution >= 4 is 45.2 Å². The second-order valence-corrected chi connectivity index (χ2v) is 8.05. The Hall–Kier alpha value is -3.51. The molecule has 0 spiro atoms. The van der Waals surface area contributed by atoms with Crippen LogP contribution in [0.5, 0.6) is 5.75 Å². The van der Waals surface area contributed by atoms with Crippen LogP contribution in [0.25, 0.3) is 6.08 Å². The number of fused-ring (bicyclic) bond motifs is 1. The lowest BCUT2D eigenvalue weighted by Crippen LogP contribution is -2.20. The highest BCUT2D eigenvalue weighted by Gasteiger charge is 2.32. The Morgan fingerprint density at radius 2 is 1.68 bits per heavy atom. The van der Waals surface area contributed by atoms with Crippen LogP contribution in [0.4, 0.5) is 5.69 Å². The standard InChI is InChI=1S/C25H18BrNO4/c1-15-11-17(26)9-10-22(15)27-23(28)14-31-18-6-4-5-16(12-18)13-21-24(29)19-7-2-3-8-20(19)25(21)30/h2-13H,14H2,1H3,(H,27,28). The van der Waals surface area contributed by atoms with Gasteiger partial charge in [-0.3, -0.25) is 14.4 Å². The van der Waals surface area contributed by atoms with Crippen LogP contribution < -0.4 is 10.1 Å². The Bertz CT molecular complexity index is 1210. The number of anilines is 1. The molecule has 3 aromatic carbocycles. The number of Topliss-reactive ketones (excluding diaryl/α,β-unsaturated/α-hetero) is 2. The summed E-state index contributed by atoms with van der Waals surface area (Å²) in [6.45, 7) is 1.74. The molecule has 5 nitrogen and oxygen atoms in total. The van der Waals surface area contributed by atoms with E-state index in [1.807, 2.05) is 25.1 Å². The second kappa shape index (κ2) is 8.70. The first-order valence-corrected chi connectivity index (χ1v) is 10.4. The number of halogens is 1. The topological polar surface area (TPSA) is 72.5 Å². The molecule has 0 fully saturated rings. The van der Waals surface area contributed by atoms with Crippen molar-refractivity contribution in [2.24, 2.45) is 0 Å². The van der Waals surface area contributed by atoms with Crippen LogP contribution in [0.15, 0.2) is 76.8 Å². The second-order valence-electron chi connectivity index (χ2n) is 7.13. The minimum absolute atomic E-state index is 0.127. The zero-order chi connectivity index (χ0) is 22.0. The molecule has 0 aromatic heterocycles. The van der Waals surface area contributed by atoms with Crippen LogP contribution >= 0.6 is 15.9 Å². The van der Waals surface area contributed by atoms with Crippen molar-refractivity contribution in [3.63, 3.8) is 0 Å². The van der Waals surface area contributed by atoms with Gasteiger partial charge in [-0.05, 0) is 54.5 Å². The van der Waals surface area contributed by atoms with Crippen LogP contribution in [0.2, 0.25) is 0 Å². The first-order valence-electron chi connectivity index (χ1n) is 9.61. The lowest BCUT2D eigenvalue weighted by Gasteiger charge is -2.10. The molecule has 0 heterocycles. The zero-order valence-electron chi connectivity index (χ0n) is 16.6. The maximum atomic E-state index is 12.6. The van der Waals surface area contributed by atoms with E-state index in [9.17, 15) is 14.4 Å². The van der Waals surface area contributed by atoms with E-state index in [0.29, 0.717) is 28.1 Å². The van der Waals surface area contributed by atoms with Gasteiger partial charge in [0.15, 0.2) is 18.2 Å². The number of amides is 1. The minimum atomic E-state index is -0.286. The molecule has 0 aliphatic heterocycles. The first-order chi connectivity index (χ1) is 14.9. The fourth-order valence-corrected chi connectivity index (χ4v) is 3.84. The van der Waals surface area contributed by atoms with Crippen molar-refractivity contribution in [2.75, 3.05) is 11.9 Å². The van der Waals surface area contributed by atoms with Crippen molar-refractivity contribution in [3.8, 4) is 5.75 Å². The average Bonchev–Trinajstić information content (AvgIpc) is 3.00. The number of aryl methyl sites for hydroxylation is 1. The van der Waals surface area contributed by atoms with Gasteiger partial charge in [-0.25, -0.2) is 0 Å². The normalized spacial score (nSPS) is 12.5. The van der Waals surface area contributed by atoms with E-state index in [-0.39, 0.29) is 29.7 Å². The van der Waals surface area contributed by atoms with Crippen molar-refractivity contribution < 1.29 is 19.1 Å². The van der Waals surface area contributed by atoms with Gasteiger partial charge in [0.05, 0.1) is 5.57 Å². The summed E-state index contributed by atoms with van der Waals surface area (Å²) in [6, 6.07) is 19.3. The van der Waals surface area contributed by atoms with Gasteiger partial charge in [-0.15, -0.1) is 0 Å².